The van der Waals surface area contributed by atoms with Crippen LogP contribution in [0.5, 0.6) is 0 Å². The number of rotatable bonds is 5. The number of piperazine rings is 1. The quantitative estimate of drug-likeness (QED) is 0.512. The van der Waals surface area contributed by atoms with Crippen molar-refractivity contribution in [2.24, 2.45) is 16.5 Å². The van der Waals surface area contributed by atoms with Crippen molar-refractivity contribution >= 4 is 28.8 Å². The van der Waals surface area contributed by atoms with E-state index in [2.05, 4.69) is 26.7 Å². The predicted octanol–water partition coefficient (Wildman–Crippen LogP) is 0.397. The second-order valence-electron chi connectivity index (χ2n) is 7.31. The van der Waals surface area contributed by atoms with Crippen molar-refractivity contribution in [1.29, 1.82) is 5.41 Å². The SMILES string of the molecule is CN1CCN(C2CCN(c3ccc(N=C(N)C(=N)C(N)=O)cc3)CC2)CC1. The third-order valence-electron chi connectivity index (χ3n) is 5.49. The molecule has 0 saturated carbocycles. The summed E-state index contributed by atoms with van der Waals surface area (Å²) in [5.41, 5.74) is 12.0. The van der Waals surface area contributed by atoms with Crippen LogP contribution in [0.2, 0.25) is 0 Å². The Labute approximate surface area is 160 Å². The molecule has 8 nitrogen and oxygen atoms in total. The van der Waals surface area contributed by atoms with E-state index >= 15 is 0 Å². The zero-order valence-corrected chi connectivity index (χ0v) is 15.9. The van der Waals surface area contributed by atoms with Gasteiger partial charge in [-0.1, -0.05) is 0 Å². The van der Waals surface area contributed by atoms with Gasteiger partial charge in [0.05, 0.1) is 5.69 Å². The predicted molar refractivity (Wildman–Crippen MR) is 109 cm³/mol. The second-order valence-corrected chi connectivity index (χ2v) is 7.31. The number of carbonyl (C=O) groups excluding carboxylic acids is 1. The summed E-state index contributed by atoms with van der Waals surface area (Å²) in [7, 11) is 2.19. The van der Waals surface area contributed by atoms with Crippen LogP contribution in [-0.2, 0) is 4.79 Å². The Kier molecular flexibility index (Phi) is 6.08. The van der Waals surface area contributed by atoms with Crippen LogP contribution in [0.1, 0.15) is 12.8 Å². The van der Waals surface area contributed by atoms with Crippen LogP contribution in [0.25, 0.3) is 0 Å². The molecule has 0 bridgehead atoms. The maximum Gasteiger partial charge on any atom is 0.270 e. The number of benzene rings is 1. The number of amidine groups is 1. The Hall–Kier alpha value is -2.45. The molecule has 27 heavy (non-hydrogen) atoms. The summed E-state index contributed by atoms with van der Waals surface area (Å²) in [6.07, 6.45) is 2.37. The first-order valence-electron chi connectivity index (χ1n) is 9.44. The van der Waals surface area contributed by atoms with E-state index in [-0.39, 0.29) is 5.84 Å². The molecule has 1 aromatic rings. The number of anilines is 1. The van der Waals surface area contributed by atoms with Gasteiger partial charge in [-0.25, -0.2) is 4.99 Å². The third-order valence-corrected chi connectivity index (χ3v) is 5.49. The Balaban J connectivity index is 1.55. The maximum atomic E-state index is 11.0. The van der Waals surface area contributed by atoms with E-state index in [0.717, 1.165) is 18.8 Å². The Bertz CT molecular complexity index is 699. The van der Waals surface area contributed by atoms with Gasteiger partial charge in [-0.3, -0.25) is 15.1 Å². The summed E-state index contributed by atoms with van der Waals surface area (Å²) in [5.74, 6) is -1.04. The van der Waals surface area contributed by atoms with Crippen LogP contribution < -0.4 is 16.4 Å². The molecule has 0 aliphatic carbocycles. The van der Waals surface area contributed by atoms with Crippen molar-refractivity contribution < 1.29 is 4.79 Å². The first-order valence-corrected chi connectivity index (χ1v) is 9.44. The summed E-state index contributed by atoms with van der Waals surface area (Å²) in [4.78, 5) is 22.5. The molecular formula is C19H29N7O. The highest BCUT2D eigenvalue weighted by Gasteiger charge is 2.26. The van der Waals surface area contributed by atoms with Crippen LogP contribution in [0.15, 0.2) is 29.3 Å². The number of aliphatic imine (C=N–C) groups is 1. The molecule has 0 spiro atoms. The van der Waals surface area contributed by atoms with Gasteiger partial charge in [0.15, 0.2) is 11.5 Å². The minimum absolute atomic E-state index is 0.164. The second kappa shape index (κ2) is 8.49. The molecule has 5 N–H and O–H groups in total. The summed E-state index contributed by atoms with van der Waals surface area (Å²) in [6.45, 7) is 6.78. The van der Waals surface area contributed by atoms with Gasteiger partial charge in [0.2, 0.25) is 0 Å². The highest BCUT2D eigenvalue weighted by Crippen LogP contribution is 2.25. The summed E-state index contributed by atoms with van der Waals surface area (Å²) in [6, 6.07) is 8.41. The lowest BCUT2D eigenvalue weighted by molar-refractivity contribution is -0.111. The topological polar surface area (TPSA) is 115 Å². The molecule has 0 atom stereocenters. The molecule has 2 aliphatic heterocycles. The van der Waals surface area contributed by atoms with Gasteiger partial charge in [-0.05, 0) is 44.2 Å². The number of nitrogens with zero attached hydrogens (tertiary/aromatic N) is 4. The first kappa shape index (κ1) is 19.3. The average molecular weight is 371 g/mol. The summed E-state index contributed by atoms with van der Waals surface area (Å²) < 4.78 is 0. The lowest BCUT2D eigenvalue weighted by atomic mass is 10.0. The van der Waals surface area contributed by atoms with Gasteiger partial charge in [0, 0.05) is 51.0 Å². The highest BCUT2D eigenvalue weighted by molar-refractivity contribution is 6.65. The Morgan fingerprint density at radius 1 is 1.04 bits per heavy atom. The van der Waals surface area contributed by atoms with E-state index in [0.29, 0.717) is 11.7 Å². The van der Waals surface area contributed by atoms with Crippen molar-refractivity contribution in [2.45, 2.75) is 18.9 Å². The number of nitrogens with two attached hydrogens (primary N) is 2. The third kappa shape index (κ3) is 4.84. The number of hydrogen-bond acceptors (Lipinski definition) is 6. The average Bonchev–Trinajstić information content (AvgIpc) is 2.68. The number of likely N-dealkylation sites (N-methyl/N-ethyl adjacent to an activating group) is 1. The normalized spacial score (nSPS) is 20.6. The fourth-order valence-electron chi connectivity index (χ4n) is 3.74. The number of amides is 1. The van der Waals surface area contributed by atoms with Crippen LogP contribution in [0.3, 0.4) is 0 Å². The number of carbonyl (C=O) groups is 1. The molecule has 0 aromatic heterocycles. The van der Waals surface area contributed by atoms with E-state index in [1.54, 1.807) is 0 Å². The largest absolute Gasteiger partial charge is 0.382 e. The number of nitrogens with one attached hydrogen (secondary N) is 1. The molecule has 2 aliphatic rings. The smallest absolute Gasteiger partial charge is 0.270 e. The lowest BCUT2D eigenvalue weighted by Crippen LogP contribution is -2.52. The summed E-state index contributed by atoms with van der Waals surface area (Å²) in [5, 5.41) is 7.47. The monoisotopic (exact) mass is 371 g/mol. The standard InChI is InChI=1S/C19H29N7O/c1-24-10-12-26(13-11-24)16-6-8-25(9-7-16)15-4-2-14(3-5-15)23-18(21)17(20)19(22)27/h2-5,16,20H,6-13H2,1H3,(H2,21,23)(H2,22,27). The van der Waals surface area contributed by atoms with Crippen LogP contribution in [-0.4, -0.2) is 79.6 Å². The highest BCUT2D eigenvalue weighted by atomic mass is 16.1. The Morgan fingerprint density at radius 2 is 1.63 bits per heavy atom. The van der Waals surface area contributed by atoms with Gasteiger partial charge >= 0.3 is 0 Å². The molecule has 2 saturated heterocycles. The van der Waals surface area contributed by atoms with Crippen molar-refractivity contribution in [2.75, 3.05) is 51.2 Å². The van der Waals surface area contributed by atoms with Crippen LogP contribution in [0, 0.1) is 5.41 Å². The van der Waals surface area contributed by atoms with Gasteiger partial charge in [0.25, 0.3) is 5.91 Å². The van der Waals surface area contributed by atoms with Gasteiger partial charge in [-0.15, -0.1) is 0 Å². The lowest BCUT2D eigenvalue weighted by Gasteiger charge is -2.42. The molecule has 2 fully saturated rings. The van der Waals surface area contributed by atoms with E-state index in [4.69, 9.17) is 16.9 Å². The van der Waals surface area contributed by atoms with Crippen molar-refractivity contribution in [3.8, 4) is 0 Å². The zero-order valence-electron chi connectivity index (χ0n) is 15.9. The van der Waals surface area contributed by atoms with E-state index in [1.165, 1.54) is 39.0 Å². The zero-order chi connectivity index (χ0) is 19.4. The van der Waals surface area contributed by atoms with Crippen LogP contribution >= 0.6 is 0 Å². The Morgan fingerprint density at radius 3 is 2.19 bits per heavy atom. The minimum Gasteiger partial charge on any atom is -0.382 e. The fraction of sp³-hybridized carbons (Fsp3) is 0.526. The van der Waals surface area contributed by atoms with Crippen LogP contribution in [0.4, 0.5) is 11.4 Å². The first-order chi connectivity index (χ1) is 12.9. The van der Waals surface area contributed by atoms with E-state index in [1.807, 2.05) is 24.3 Å². The molecule has 1 aromatic carbocycles. The molecule has 3 rings (SSSR count). The molecule has 0 unspecified atom stereocenters. The minimum atomic E-state index is -0.879. The van der Waals surface area contributed by atoms with E-state index in [9.17, 15) is 4.79 Å². The van der Waals surface area contributed by atoms with Crippen molar-refractivity contribution in [3.63, 3.8) is 0 Å². The molecular weight excluding hydrogens is 342 g/mol. The molecule has 146 valence electrons. The number of primary amides is 1. The van der Waals surface area contributed by atoms with Gasteiger partial charge in [0.1, 0.15) is 0 Å². The molecule has 2 heterocycles. The summed E-state index contributed by atoms with van der Waals surface area (Å²) >= 11 is 0. The fourth-order valence-corrected chi connectivity index (χ4v) is 3.74. The number of piperidine rings is 1. The number of hydrogen-bond donors (Lipinski definition) is 3. The maximum absolute atomic E-state index is 11.0. The van der Waals surface area contributed by atoms with Crippen molar-refractivity contribution in [1.82, 2.24) is 9.80 Å². The molecule has 0 radical (unpaired) electrons. The molecule has 1 amide bonds. The van der Waals surface area contributed by atoms with E-state index < -0.39 is 11.6 Å². The van der Waals surface area contributed by atoms with Gasteiger partial charge in [-0.2, -0.15) is 0 Å². The molecule has 8 heteroatoms. The van der Waals surface area contributed by atoms with Gasteiger partial charge < -0.3 is 21.3 Å². The van der Waals surface area contributed by atoms with Crippen molar-refractivity contribution in [3.05, 3.63) is 24.3 Å².